The number of methoxy groups -OCH3 is 2. The van der Waals surface area contributed by atoms with Crippen LogP contribution in [0.3, 0.4) is 0 Å². The molecule has 0 radical (unpaired) electrons. The van der Waals surface area contributed by atoms with Gasteiger partial charge in [-0.25, -0.2) is 0 Å². The highest BCUT2D eigenvalue weighted by Crippen LogP contribution is 2.25. The van der Waals surface area contributed by atoms with E-state index in [0.29, 0.717) is 13.1 Å². The number of anilines is 1. The second kappa shape index (κ2) is 10.1. The normalized spacial score (nSPS) is 15.8. The van der Waals surface area contributed by atoms with E-state index in [-0.39, 0.29) is 11.8 Å². The Hall–Kier alpha value is -3.61. The van der Waals surface area contributed by atoms with Crippen LogP contribution in [0.5, 0.6) is 11.5 Å². The number of nitrogens with zero attached hydrogens (tertiary/aromatic N) is 3. The van der Waals surface area contributed by atoms with Crippen molar-refractivity contribution in [2.24, 2.45) is 5.92 Å². The number of ether oxygens (including phenoxy) is 2. The van der Waals surface area contributed by atoms with Gasteiger partial charge >= 0.3 is 0 Å². The third kappa shape index (κ3) is 4.99. The van der Waals surface area contributed by atoms with Crippen molar-refractivity contribution >= 4 is 11.7 Å². The first kappa shape index (κ1) is 21.6. The van der Waals surface area contributed by atoms with Gasteiger partial charge in [-0.1, -0.05) is 30.3 Å². The van der Waals surface area contributed by atoms with E-state index in [0.717, 1.165) is 53.5 Å². The highest BCUT2D eigenvalue weighted by molar-refractivity contribution is 5.79. The van der Waals surface area contributed by atoms with Gasteiger partial charge in [0.15, 0.2) is 5.82 Å². The van der Waals surface area contributed by atoms with Crippen molar-refractivity contribution in [2.75, 3.05) is 32.2 Å². The molecule has 2 heterocycles. The predicted molar refractivity (Wildman–Crippen MR) is 124 cm³/mol. The van der Waals surface area contributed by atoms with Gasteiger partial charge in [0.1, 0.15) is 11.5 Å². The van der Waals surface area contributed by atoms with Crippen molar-refractivity contribution in [3.63, 3.8) is 0 Å². The molecule has 0 spiro atoms. The number of hydrogen-bond donors (Lipinski definition) is 1. The van der Waals surface area contributed by atoms with Crippen LogP contribution in [0, 0.1) is 5.92 Å². The molecule has 1 aliphatic heterocycles. The monoisotopic (exact) mass is 432 g/mol. The maximum Gasteiger partial charge on any atom is 0.225 e. The standard InChI is InChI=1S/C25H28N4O3/c1-31-21-10-12-23(32-2)20(15-21)16-26-25(30)19-9-6-14-29(17-19)24-13-11-22(27-28-24)18-7-4-3-5-8-18/h3-5,7-8,10-13,15,19H,6,9,14,16-17H2,1-2H3,(H,26,30). The quantitative estimate of drug-likeness (QED) is 0.614. The van der Waals surface area contributed by atoms with Crippen molar-refractivity contribution in [3.8, 4) is 22.8 Å². The van der Waals surface area contributed by atoms with Gasteiger partial charge in [0.25, 0.3) is 0 Å². The minimum atomic E-state index is -0.101. The molecule has 7 heteroatoms. The molecule has 166 valence electrons. The number of carbonyl (C=O) groups excluding carboxylic acids is 1. The number of rotatable bonds is 7. The summed E-state index contributed by atoms with van der Waals surface area (Å²) >= 11 is 0. The van der Waals surface area contributed by atoms with Crippen LogP contribution in [0.15, 0.2) is 60.7 Å². The minimum Gasteiger partial charge on any atom is -0.497 e. The van der Waals surface area contributed by atoms with E-state index in [9.17, 15) is 4.79 Å². The van der Waals surface area contributed by atoms with Crippen LogP contribution >= 0.6 is 0 Å². The second-order valence-corrected chi connectivity index (χ2v) is 7.82. The fourth-order valence-corrected chi connectivity index (χ4v) is 4.00. The van der Waals surface area contributed by atoms with Crippen LogP contribution in [0.25, 0.3) is 11.3 Å². The zero-order valence-corrected chi connectivity index (χ0v) is 18.5. The first-order valence-corrected chi connectivity index (χ1v) is 10.8. The van der Waals surface area contributed by atoms with Gasteiger partial charge in [0.2, 0.25) is 5.91 Å². The Bertz CT molecular complexity index is 1040. The van der Waals surface area contributed by atoms with Crippen molar-refractivity contribution < 1.29 is 14.3 Å². The van der Waals surface area contributed by atoms with Crippen LogP contribution in [0.2, 0.25) is 0 Å². The summed E-state index contributed by atoms with van der Waals surface area (Å²) in [6, 6.07) is 19.5. The number of amides is 1. The molecule has 1 N–H and O–H groups in total. The van der Waals surface area contributed by atoms with E-state index >= 15 is 0 Å². The van der Waals surface area contributed by atoms with E-state index in [1.165, 1.54) is 0 Å². The van der Waals surface area contributed by atoms with Crippen molar-refractivity contribution in [1.82, 2.24) is 15.5 Å². The third-order valence-corrected chi connectivity index (χ3v) is 5.78. The number of benzene rings is 2. The lowest BCUT2D eigenvalue weighted by atomic mass is 9.97. The van der Waals surface area contributed by atoms with Crippen LogP contribution < -0.4 is 19.7 Å². The number of carbonyl (C=O) groups is 1. The summed E-state index contributed by atoms with van der Waals surface area (Å²) in [5, 5.41) is 11.9. The average molecular weight is 433 g/mol. The van der Waals surface area contributed by atoms with E-state index in [1.54, 1.807) is 14.2 Å². The molecule has 1 fully saturated rings. The molecule has 1 aromatic heterocycles. The molecular formula is C25H28N4O3. The summed E-state index contributed by atoms with van der Waals surface area (Å²) in [6.07, 6.45) is 1.79. The molecule has 1 saturated heterocycles. The lowest BCUT2D eigenvalue weighted by Crippen LogP contribution is -2.43. The van der Waals surface area contributed by atoms with E-state index in [1.807, 2.05) is 60.7 Å². The first-order valence-electron chi connectivity index (χ1n) is 10.8. The minimum absolute atomic E-state index is 0.0356. The number of nitrogens with one attached hydrogen (secondary N) is 1. The fraction of sp³-hybridized carbons (Fsp3) is 0.320. The van der Waals surface area contributed by atoms with Gasteiger partial charge in [0.05, 0.1) is 25.8 Å². The molecular weight excluding hydrogens is 404 g/mol. The maximum atomic E-state index is 12.9. The maximum absolute atomic E-state index is 12.9. The molecule has 2 aromatic carbocycles. The largest absolute Gasteiger partial charge is 0.497 e. The van der Waals surface area contributed by atoms with E-state index in [4.69, 9.17) is 9.47 Å². The lowest BCUT2D eigenvalue weighted by Gasteiger charge is -2.32. The van der Waals surface area contributed by atoms with Crippen LogP contribution in [0.1, 0.15) is 18.4 Å². The fourth-order valence-electron chi connectivity index (χ4n) is 4.00. The molecule has 0 saturated carbocycles. The van der Waals surface area contributed by atoms with Gasteiger partial charge < -0.3 is 19.7 Å². The summed E-state index contributed by atoms with van der Waals surface area (Å²) in [5.74, 6) is 2.20. The average Bonchev–Trinajstić information content (AvgIpc) is 2.87. The molecule has 1 atom stereocenters. The second-order valence-electron chi connectivity index (χ2n) is 7.82. The SMILES string of the molecule is COc1ccc(OC)c(CNC(=O)C2CCCN(c3ccc(-c4ccccc4)nn3)C2)c1. The van der Waals surface area contributed by atoms with Crippen molar-refractivity contribution in [3.05, 3.63) is 66.2 Å². The van der Waals surface area contributed by atoms with Crippen LogP contribution in [0.4, 0.5) is 5.82 Å². The van der Waals surface area contributed by atoms with Crippen molar-refractivity contribution in [2.45, 2.75) is 19.4 Å². The number of piperidine rings is 1. The van der Waals surface area contributed by atoms with E-state index in [2.05, 4.69) is 20.4 Å². The van der Waals surface area contributed by atoms with Crippen LogP contribution in [-0.2, 0) is 11.3 Å². The molecule has 1 amide bonds. The molecule has 1 unspecified atom stereocenters. The van der Waals surface area contributed by atoms with Crippen LogP contribution in [-0.4, -0.2) is 43.4 Å². The Labute approximate surface area is 188 Å². The van der Waals surface area contributed by atoms with Gasteiger partial charge in [-0.2, -0.15) is 0 Å². The molecule has 0 bridgehead atoms. The summed E-state index contributed by atoms with van der Waals surface area (Å²) in [7, 11) is 3.24. The molecule has 0 aliphatic carbocycles. The first-order chi connectivity index (χ1) is 15.7. The Morgan fingerprint density at radius 3 is 2.62 bits per heavy atom. The highest BCUT2D eigenvalue weighted by atomic mass is 16.5. The number of aromatic nitrogens is 2. The molecule has 1 aliphatic rings. The zero-order valence-electron chi connectivity index (χ0n) is 18.5. The molecule has 4 rings (SSSR count). The molecule has 7 nitrogen and oxygen atoms in total. The predicted octanol–water partition coefficient (Wildman–Crippen LogP) is 3.69. The Kier molecular flexibility index (Phi) is 6.84. The smallest absolute Gasteiger partial charge is 0.225 e. The van der Waals surface area contributed by atoms with E-state index < -0.39 is 0 Å². The van der Waals surface area contributed by atoms with Crippen molar-refractivity contribution in [1.29, 1.82) is 0 Å². The highest BCUT2D eigenvalue weighted by Gasteiger charge is 2.27. The van der Waals surface area contributed by atoms with Gasteiger partial charge in [0, 0.05) is 30.8 Å². The van der Waals surface area contributed by atoms with Gasteiger partial charge in [-0.3, -0.25) is 4.79 Å². The summed E-state index contributed by atoms with van der Waals surface area (Å²) in [6.45, 7) is 1.88. The topological polar surface area (TPSA) is 76.6 Å². The Morgan fingerprint density at radius 2 is 1.91 bits per heavy atom. The number of hydrogen-bond acceptors (Lipinski definition) is 6. The third-order valence-electron chi connectivity index (χ3n) is 5.78. The summed E-state index contributed by atoms with van der Waals surface area (Å²) in [4.78, 5) is 15.0. The Morgan fingerprint density at radius 1 is 1.06 bits per heavy atom. The summed E-state index contributed by atoms with van der Waals surface area (Å²) < 4.78 is 10.7. The van der Waals surface area contributed by atoms with Gasteiger partial charge in [-0.15, -0.1) is 10.2 Å². The summed E-state index contributed by atoms with van der Waals surface area (Å²) in [5.41, 5.74) is 2.76. The Balaban J connectivity index is 1.38. The molecule has 32 heavy (non-hydrogen) atoms. The lowest BCUT2D eigenvalue weighted by molar-refractivity contribution is -0.125. The zero-order chi connectivity index (χ0) is 22.3. The van der Waals surface area contributed by atoms with Gasteiger partial charge in [-0.05, 0) is 43.2 Å². The molecule has 3 aromatic rings.